The van der Waals surface area contributed by atoms with Gasteiger partial charge in [-0.15, -0.1) is 0 Å². The normalized spacial score (nSPS) is 12.4. The SMILES string of the molecule is NNC(Cc1ccnc2ccccc12)c1ccccc1. The van der Waals surface area contributed by atoms with Crippen LogP contribution < -0.4 is 11.3 Å². The summed E-state index contributed by atoms with van der Waals surface area (Å²) < 4.78 is 0. The molecule has 3 heteroatoms. The quantitative estimate of drug-likeness (QED) is 0.562. The number of para-hydroxylation sites is 1. The molecule has 0 radical (unpaired) electrons. The van der Waals surface area contributed by atoms with Crippen LogP contribution in [0.15, 0.2) is 66.9 Å². The number of benzene rings is 2. The van der Waals surface area contributed by atoms with E-state index in [1.165, 1.54) is 16.5 Å². The third kappa shape index (κ3) is 2.54. The second-order valence-electron chi connectivity index (χ2n) is 4.82. The van der Waals surface area contributed by atoms with E-state index in [1.54, 1.807) is 0 Å². The van der Waals surface area contributed by atoms with Crippen molar-refractivity contribution in [2.75, 3.05) is 0 Å². The van der Waals surface area contributed by atoms with E-state index in [1.807, 2.05) is 42.6 Å². The molecular formula is C17H17N3. The van der Waals surface area contributed by atoms with Crippen molar-refractivity contribution >= 4 is 10.9 Å². The maximum Gasteiger partial charge on any atom is 0.0704 e. The van der Waals surface area contributed by atoms with Crippen LogP contribution in [0.1, 0.15) is 17.2 Å². The Balaban J connectivity index is 1.96. The molecule has 0 aliphatic rings. The minimum absolute atomic E-state index is 0.0991. The second kappa shape index (κ2) is 5.82. The van der Waals surface area contributed by atoms with Crippen molar-refractivity contribution in [1.82, 2.24) is 10.4 Å². The van der Waals surface area contributed by atoms with Crippen LogP contribution in [-0.2, 0) is 6.42 Å². The summed E-state index contributed by atoms with van der Waals surface area (Å²) in [6, 6.07) is 20.6. The lowest BCUT2D eigenvalue weighted by Crippen LogP contribution is -2.29. The summed E-state index contributed by atoms with van der Waals surface area (Å²) in [6.07, 6.45) is 2.69. The third-order valence-electron chi connectivity index (χ3n) is 3.57. The Morgan fingerprint density at radius 2 is 1.70 bits per heavy atom. The highest BCUT2D eigenvalue weighted by atomic mass is 15.2. The van der Waals surface area contributed by atoms with Gasteiger partial charge >= 0.3 is 0 Å². The number of nitrogens with zero attached hydrogens (tertiary/aromatic N) is 1. The largest absolute Gasteiger partial charge is 0.271 e. The van der Waals surface area contributed by atoms with Crippen molar-refractivity contribution in [3.63, 3.8) is 0 Å². The molecule has 3 rings (SSSR count). The molecule has 0 amide bonds. The average Bonchev–Trinajstić information content (AvgIpc) is 2.53. The van der Waals surface area contributed by atoms with Gasteiger partial charge < -0.3 is 0 Å². The standard InChI is InChI=1S/C17H17N3/c18-20-17(13-6-2-1-3-7-13)12-14-10-11-19-16-9-5-4-8-15(14)16/h1-11,17,20H,12,18H2. The lowest BCUT2D eigenvalue weighted by atomic mass is 9.97. The smallest absolute Gasteiger partial charge is 0.0704 e. The number of hydrogen-bond donors (Lipinski definition) is 2. The molecule has 3 aromatic rings. The lowest BCUT2D eigenvalue weighted by molar-refractivity contribution is 0.553. The van der Waals surface area contributed by atoms with Crippen molar-refractivity contribution < 1.29 is 0 Å². The fourth-order valence-corrected chi connectivity index (χ4v) is 2.51. The lowest BCUT2D eigenvalue weighted by Gasteiger charge is -2.17. The molecular weight excluding hydrogens is 246 g/mol. The number of hydrogen-bond acceptors (Lipinski definition) is 3. The molecule has 3 N–H and O–H groups in total. The van der Waals surface area contributed by atoms with Crippen LogP contribution >= 0.6 is 0 Å². The molecule has 1 aromatic heterocycles. The topological polar surface area (TPSA) is 50.9 Å². The van der Waals surface area contributed by atoms with Gasteiger partial charge in [-0.3, -0.25) is 16.3 Å². The van der Waals surface area contributed by atoms with E-state index >= 15 is 0 Å². The van der Waals surface area contributed by atoms with Gasteiger partial charge in [-0.25, -0.2) is 0 Å². The van der Waals surface area contributed by atoms with Gasteiger partial charge in [0.25, 0.3) is 0 Å². The highest BCUT2D eigenvalue weighted by Crippen LogP contribution is 2.22. The highest BCUT2D eigenvalue weighted by Gasteiger charge is 2.12. The predicted octanol–water partition coefficient (Wildman–Crippen LogP) is 2.98. The van der Waals surface area contributed by atoms with E-state index in [0.717, 1.165) is 11.9 Å². The maximum atomic E-state index is 5.73. The van der Waals surface area contributed by atoms with E-state index in [2.05, 4.69) is 34.7 Å². The number of aromatic nitrogens is 1. The molecule has 1 unspecified atom stereocenters. The van der Waals surface area contributed by atoms with Crippen LogP contribution in [-0.4, -0.2) is 4.98 Å². The zero-order valence-corrected chi connectivity index (χ0v) is 11.2. The van der Waals surface area contributed by atoms with Crippen LogP contribution in [0.25, 0.3) is 10.9 Å². The zero-order valence-electron chi connectivity index (χ0n) is 11.2. The molecule has 20 heavy (non-hydrogen) atoms. The Kier molecular flexibility index (Phi) is 3.72. The van der Waals surface area contributed by atoms with Crippen molar-refractivity contribution in [3.05, 3.63) is 78.0 Å². The molecule has 0 bridgehead atoms. The summed E-state index contributed by atoms with van der Waals surface area (Å²) >= 11 is 0. The van der Waals surface area contributed by atoms with Gasteiger partial charge in [0.2, 0.25) is 0 Å². The second-order valence-corrected chi connectivity index (χ2v) is 4.82. The van der Waals surface area contributed by atoms with Gasteiger partial charge in [0.1, 0.15) is 0 Å². The van der Waals surface area contributed by atoms with E-state index < -0.39 is 0 Å². The van der Waals surface area contributed by atoms with E-state index in [4.69, 9.17) is 5.84 Å². The summed E-state index contributed by atoms with van der Waals surface area (Å²) in [7, 11) is 0. The summed E-state index contributed by atoms with van der Waals surface area (Å²) in [5, 5.41) is 1.19. The maximum absolute atomic E-state index is 5.73. The van der Waals surface area contributed by atoms with E-state index in [0.29, 0.717) is 0 Å². The van der Waals surface area contributed by atoms with Crippen molar-refractivity contribution in [1.29, 1.82) is 0 Å². The number of hydrazine groups is 1. The molecule has 0 saturated carbocycles. The van der Waals surface area contributed by atoms with Crippen LogP contribution in [0.3, 0.4) is 0 Å². The van der Waals surface area contributed by atoms with Crippen molar-refractivity contribution in [2.45, 2.75) is 12.5 Å². The fourth-order valence-electron chi connectivity index (χ4n) is 2.51. The first-order chi connectivity index (χ1) is 9.88. The van der Waals surface area contributed by atoms with E-state index in [-0.39, 0.29) is 6.04 Å². The Hall–Kier alpha value is -2.23. The number of nitrogens with one attached hydrogen (secondary N) is 1. The van der Waals surface area contributed by atoms with Crippen LogP contribution in [0, 0.1) is 0 Å². The number of pyridine rings is 1. The van der Waals surface area contributed by atoms with Gasteiger partial charge in [-0.2, -0.15) is 0 Å². The molecule has 1 heterocycles. The van der Waals surface area contributed by atoms with Crippen molar-refractivity contribution in [2.24, 2.45) is 5.84 Å². The van der Waals surface area contributed by atoms with Gasteiger partial charge in [-0.1, -0.05) is 48.5 Å². The first kappa shape index (κ1) is 12.8. The Morgan fingerprint density at radius 1 is 0.950 bits per heavy atom. The number of nitrogens with two attached hydrogens (primary N) is 1. The van der Waals surface area contributed by atoms with E-state index in [9.17, 15) is 0 Å². The predicted molar refractivity (Wildman–Crippen MR) is 82.0 cm³/mol. The van der Waals surface area contributed by atoms with Crippen LogP contribution in [0.5, 0.6) is 0 Å². The summed E-state index contributed by atoms with van der Waals surface area (Å²) in [5.41, 5.74) is 6.38. The monoisotopic (exact) mass is 263 g/mol. The van der Waals surface area contributed by atoms with Gasteiger partial charge in [0, 0.05) is 11.6 Å². The molecule has 1 atom stereocenters. The molecule has 0 spiro atoms. The molecule has 2 aromatic carbocycles. The van der Waals surface area contributed by atoms with Gasteiger partial charge in [0.05, 0.1) is 11.6 Å². The zero-order chi connectivity index (χ0) is 13.8. The number of rotatable bonds is 4. The van der Waals surface area contributed by atoms with Gasteiger partial charge in [-0.05, 0) is 29.7 Å². The first-order valence-corrected chi connectivity index (χ1v) is 6.72. The molecule has 0 aliphatic carbocycles. The summed E-state index contributed by atoms with van der Waals surface area (Å²) in [5.74, 6) is 5.73. The summed E-state index contributed by atoms with van der Waals surface area (Å²) in [4.78, 5) is 4.40. The van der Waals surface area contributed by atoms with Crippen LogP contribution in [0.4, 0.5) is 0 Å². The third-order valence-corrected chi connectivity index (χ3v) is 3.57. The Labute approximate surface area is 118 Å². The van der Waals surface area contributed by atoms with Crippen LogP contribution in [0.2, 0.25) is 0 Å². The molecule has 0 aliphatic heterocycles. The molecule has 3 nitrogen and oxygen atoms in total. The molecule has 0 saturated heterocycles. The number of fused-ring (bicyclic) bond motifs is 1. The Morgan fingerprint density at radius 3 is 2.50 bits per heavy atom. The summed E-state index contributed by atoms with van der Waals surface area (Å²) in [6.45, 7) is 0. The molecule has 0 fully saturated rings. The minimum Gasteiger partial charge on any atom is -0.271 e. The van der Waals surface area contributed by atoms with Crippen molar-refractivity contribution in [3.8, 4) is 0 Å². The fraction of sp³-hybridized carbons (Fsp3) is 0.118. The highest BCUT2D eigenvalue weighted by molar-refractivity contribution is 5.81. The van der Waals surface area contributed by atoms with Gasteiger partial charge in [0.15, 0.2) is 0 Å². The minimum atomic E-state index is 0.0991. The molecule has 100 valence electrons. The average molecular weight is 263 g/mol. The Bertz CT molecular complexity index is 689. The first-order valence-electron chi connectivity index (χ1n) is 6.72.